The Bertz CT molecular complexity index is 373. The summed E-state index contributed by atoms with van der Waals surface area (Å²) >= 11 is 0. The van der Waals surface area contributed by atoms with Crippen molar-refractivity contribution in [1.29, 1.82) is 0 Å². The first-order valence-corrected chi connectivity index (χ1v) is 7.33. The highest BCUT2D eigenvalue weighted by atomic mass is 19.1. The van der Waals surface area contributed by atoms with E-state index >= 15 is 0 Å². The van der Waals surface area contributed by atoms with Crippen molar-refractivity contribution in [3.8, 4) is 0 Å². The van der Waals surface area contributed by atoms with Crippen molar-refractivity contribution in [2.24, 2.45) is 0 Å². The molecule has 1 aromatic rings. The van der Waals surface area contributed by atoms with Crippen molar-refractivity contribution in [2.45, 2.75) is 45.2 Å². The maximum Gasteiger partial charge on any atom is 0.141 e. The third-order valence-electron chi connectivity index (χ3n) is 3.94. The molecule has 0 aromatic carbocycles. The first-order valence-electron chi connectivity index (χ1n) is 7.33. The number of halogens is 1. The van der Waals surface area contributed by atoms with Gasteiger partial charge in [-0.15, -0.1) is 0 Å². The first-order chi connectivity index (χ1) is 9.24. The van der Waals surface area contributed by atoms with E-state index in [0.717, 1.165) is 31.7 Å². The van der Waals surface area contributed by atoms with E-state index in [1.807, 2.05) is 6.07 Å². The van der Waals surface area contributed by atoms with Gasteiger partial charge in [0, 0.05) is 12.6 Å². The zero-order valence-corrected chi connectivity index (χ0v) is 11.9. The Morgan fingerprint density at radius 2 is 2.32 bits per heavy atom. The van der Waals surface area contributed by atoms with Crippen molar-refractivity contribution in [2.75, 3.05) is 19.6 Å². The summed E-state index contributed by atoms with van der Waals surface area (Å²) in [5.74, 6) is -0.265. The van der Waals surface area contributed by atoms with Crippen LogP contribution in [0.3, 0.4) is 0 Å². The molecule has 1 aliphatic heterocycles. The highest BCUT2D eigenvalue weighted by molar-refractivity contribution is 5.10. The minimum absolute atomic E-state index is 0.265. The number of aromatic nitrogens is 1. The summed E-state index contributed by atoms with van der Waals surface area (Å²) in [5.41, 5.74) is 0.976. The van der Waals surface area contributed by atoms with Gasteiger partial charge in [0.1, 0.15) is 5.82 Å². The van der Waals surface area contributed by atoms with Gasteiger partial charge < -0.3 is 5.32 Å². The average Bonchev–Trinajstić information content (AvgIpc) is 2.93. The summed E-state index contributed by atoms with van der Waals surface area (Å²) in [7, 11) is 0. The van der Waals surface area contributed by atoms with Crippen LogP contribution in [-0.4, -0.2) is 35.6 Å². The highest BCUT2D eigenvalue weighted by Crippen LogP contribution is 2.23. The molecule has 19 heavy (non-hydrogen) atoms. The van der Waals surface area contributed by atoms with Crippen LogP contribution in [0.5, 0.6) is 0 Å². The maximum absolute atomic E-state index is 13.0. The van der Waals surface area contributed by atoms with Crippen molar-refractivity contribution in [3.63, 3.8) is 0 Å². The number of hydrogen-bond acceptors (Lipinski definition) is 3. The van der Waals surface area contributed by atoms with Gasteiger partial charge in [0.15, 0.2) is 0 Å². The molecule has 106 valence electrons. The summed E-state index contributed by atoms with van der Waals surface area (Å²) in [4.78, 5) is 6.70. The van der Waals surface area contributed by atoms with Crippen LogP contribution in [0.4, 0.5) is 4.39 Å². The van der Waals surface area contributed by atoms with Crippen LogP contribution in [0.2, 0.25) is 0 Å². The zero-order valence-electron chi connectivity index (χ0n) is 11.9. The van der Waals surface area contributed by atoms with Crippen molar-refractivity contribution < 1.29 is 4.39 Å². The predicted octanol–water partition coefficient (Wildman–Crippen LogP) is 2.75. The zero-order chi connectivity index (χ0) is 13.7. The molecule has 4 heteroatoms. The minimum Gasteiger partial charge on any atom is -0.313 e. The van der Waals surface area contributed by atoms with Crippen LogP contribution in [0, 0.1) is 5.82 Å². The van der Waals surface area contributed by atoms with E-state index in [1.54, 1.807) is 0 Å². The fourth-order valence-electron chi connectivity index (χ4n) is 2.91. The lowest BCUT2D eigenvalue weighted by atomic mass is 10.1. The lowest BCUT2D eigenvalue weighted by Crippen LogP contribution is -2.39. The van der Waals surface area contributed by atoms with Gasteiger partial charge >= 0.3 is 0 Å². The van der Waals surface area contributed by atoms with E-state index < -0.39 is 0 Å². The number of likely N-dealkylation sites (N-methyl/N-ethyl adjacent to an activating group) is 1. The number of pyridine rings is 1. The third-order valence-corrected chi connectivity index (χ3v) is 3.94. The molecule has 0 aliphatic carbocycles. The molecule has 1 aromatic heterocycles. The molecule has 2 atom stereocenters. The first kappa shape index (κ1) is 14.4. The summed E-state index contributed by atoms with van der Waals surface area (Å²) in [6.07, 6.45) is 4.84. The van der Waals surface area contributed by atoms with Gasteiger partial charge in [-0.1, -0.05) is 13.8 Å². The summed E-state index contributed by atoms with van der Waals surface area (Å²) < 4.78 is 13.0. The van der Waals surface area contributed by atoms with E-state index in [-0.39, 0.29) is 11.9 Å². The molecule has 2 heterocycles. The highest BCUT2D eigenvalue weighted by Gasteiger charge is 2.23. The second-order valence-electron chi connectivity index (χ2n) is 5.21. The van der Waals surface area contributed by atoms with Gasteiger partial charge in [-0.25, -0.2) is 4.39 Å². The van der Waals surface area contributed by atoms with Crippen LogP contribution in [0.25, 0.3) is 0 Å². The predicted molar refractivity (Wildman–Crippen MR) is 75.5 cm³/mol. The Balaban J connectivity index is 2.06. The van der Waals surface area contributed by atoms with Crippen molar-refractivity contribution in [3.05, 3.63) is 29.8 Å². The van der Waals surface area contributed by atoms with Crippen LogP contribution in [-0.2, 0) is 0 Å². The summed E-state index contributed by atoms with van der Waals surface area (Å²) in [5, 5.41) is 3.54. The SMILES string of the molecule is CCC(c1ccc(F)cn1)N(CC)CC1CCCN1. The fraction of sp³-hybridized carbons (Fsp3) is 0.667. The van der Waals surface area contributed by atoms with E-state index in [9.17, 15) is 4.39 Å². The second kappa shape index (κ2) is 6.96. The summed E-state index contributed by atoms with van der Waals surface area (Å²) in [6.45, 7) is 7.53. The van der Waals surface area contributed by atoms with E-state index in [4.69, 9.17) is 0 Å². The Morgan fingerprint density at radius 3 is 2.84 bits per heavy atom. The largest absolute Gasteiger partial charge is 0.313 e. The molecule has 0 amide bonds. The number of rotatable bonds is 6. The molecule has 1 fully saturated rings. The van der Waals surface area contributed by atoms with E-state index in [1.165, 1.54) is 25.1 Å². The van der Waals surface area contributed by atoms with Gasteiger partial charge in [-0.3, -0.25) is 9.88 Å². The Kier molecular flexibility index (Phi) is 5.28. The molecule has 1 N–H and O–H groups in total. The molecule has 0 bridgehead atoms. The number of hydrogen-bond donors (Lipinski definition) is 1. The molecule has 2 rings (SSSR count). The maximum atomic E-state index is 13.0. The minimum atomic E-state index is -0.265. The van der Waals surface area contributed by atoms with Crippen LogP contribution >= 0.6 is 0 Å². The smallest absolute Gasteiger partial charge is 0.141 e. The molecular formula is C15H24FN3. The van der Waals surface area contributed by atoms with Gasteiger partial charge in [-0.05, 0) is 44.5 Å². The molecule has 0 spiro atoms. The molecule has 2 unspecified atom stereocenters. The standard InChI is InChI=1S/C15H24FN3/c1-3-15(14-8-7-12(16)10-18-14)19(4-2)11-13-6-5-9-17-13/h7-8,10,13,15,17H,3-6,9,11H2,1-2H3. The summed E-state index contributed by atoms with van der Waals surface area (Å²) in [6, 6.07) is 4.20. The molecule has 3 nitrogen and oxygen atoms in total. The monoisotopic (exact) mass is 265 g/mol. The molecule has 1 saturated heterocycles. The van der Waals surface area contributed by atoms with Crippen molar-refractivity contribution >= 4 is 0 Å². The van der Waals surface area contributed by atoms with Crippen molar-refractivity contribution in [1.82, 2.24) is 15.2 Å². The van der Waals surface area contributed by atoms with Gasteiger partial charge in [0.2, 0.25) is 0 Å². The second-order valence-corrected chi connectivity index (χ2v) is 5.21. The normalized spacial score (nSPS) is 20.9. The van der Waals surface area contributed by atoms with Gasteiger partial charge in [-0.2, -0.15) is 0 Å². The molecule has 1 aliphatic rings. The molecule has 0 saturated carbocycles. The van der Waals surface area contributed by atoms with Gasteiger partial charge in [0.25, 0.3) is 0 Å². The topological polar surface area (TPSA) is 28.2 Å². The third kappa shape index (κ3) is 3.74. The lowest BCUT2D eigenvalue weighted by Gasteiger charge is -2.31. The van der Waals surface area contributed by atoms with E-state index in [2.05, 4.69) is 29.0 Å². The van der Waals surface area contributed by atoms with Crippen LogP contribution in [0.15, 0.2) is 18.3 Å². The van der Waals surface area contributed by atoms with E-state index in [0.29, 0.717) is 6.04 Å². The van der Waals surface area contributed by atoms with Gasteiger partial charge in [0.05, 0.1) is 17.9 Å². The quantitative estimate of drug-likeness (QED) is 0.857. The Hall–Kier alpha value is -1.00. The number of nitrogens with one attached hydrogen (secondary N) is 1. The molecular weight excluding hydrogens is 241 g/mol. The fourth-order valence-corrected chi connectivity index (χ4v) is 2.91. The van der Waals surface area contributed by atoms with Crippen LogP contribution in [0.1, 0.15) is 44.8 Å². The molecule has 0 radical (unpaired) electrons. The average molecular weight is 265 g/mol. The number of nitrogens with zero attached hydrogens (tertiary/aromatic N) is 2. The lowest BCUT2D eigenvalue weighted by molar-refractivity contribution is 0.181. The Labute approximate surface area is 115 Å². The van der Waals surface area contributed by atoms with Crippen LogP contribution < -0.4 is 5.32 Å². The Morgan fingerprint density at radius 1 is 1.47 bits per heavy atom.